The summed E-state index contributed by atoms with van der Waals surface area (Å²) in [5, 5.41) is 3.09. The molecule has 1 amide bonds. The lowest BCUT2D eigenvalue weighted by atomic mass is 10.0. The summed E-state index contributed by atoms with van der Waals surface area (Å²) in [6.45, 7) is 10.9. The SMILES string of the molecule is CCNC(C)(COc1cc(C(C)C)ccc1C)C(N)=O. The van der Waals surface area contributed by atoms with E-state index in [-0.39, 0.29) is 6.61 Å². The Balaban J connectivity index is 2.87. The molecule has 1 rings (SSSR count). The number of carbonyl (C=O) groups excluding carboxylic acids is 1. The molecule has 0 aromatic heterocycles. The van der Waals surface area contributed by atoms with E-state index >= 15 is 0 Å². The maximum Gasteiger partial charge on any atom is 0.240 e. The Hall–Kier alpha value is -1.55. The number of aryl methyl sites for hydroxylation is 1. The third-order valence-corrected chi connectivity index (χ3v) is 3.51. The van der Waals surface area contributed by atoms with Crippen LogP contribution in [-0.4, -0.2) is 24.6 Å². The number of carbonyl (C=O) groups is 1. The van der Waals surface area contributed by atoms with E-state index in [1.165, 1.54) is 5.56 Å². The number of likely N-dealkylation sites (N-methyl/N-ethyl adjacent to an activating group) is 1. The number of hydrogen-bond acceptors (Lipinski definition) is 3. The fourth-order valence-corrected chi connectivity index (χ4v) is 1.95. The fourth-order valence-electron chi connectivity index (χ4n) is 1.95. The van der Waals surface area contributed by atoms with Gasteiger partial charge in [0.05, 0.1) is 0 Å². The zero-order chi connectivity index (χ0) is 15.3. The van der Waals surface area contributed by atoms with E-state index in [4.69, 9.17) is 10.5 Å². The smallest absolute Gasteiger partial charge is 0.240 e. The Morgan fingerprint density at radius 2 is 2.10 bits per heavy atom. The first-order valence-corrected chi connectivity index (χ1v) is 7.08. The van der Waals surface area contributed by atoms with Gasteiger partial charge in [0.1, 0.15) is 17.9 Å². The van der Waals surface area contributed by atoms with Crippen molar-refractivity contribution in [1.82, 2.24) is 5.32 Å². The molecule has 0 radical (unpaired) electrons. The van der Waals surface area contributed by atoms with Crippen molar-refractivity contribution in [3.8, 4) is 5.75 Å². The van der Waals surface area contributed by atoms with Crippen molar-refractivity contribution in [2.45, 2.75) is 46.1 Å². The van der Waals surface area contributed by atoms with Gasteiger partial charge in [-0.25, -0.2) is 0 Å². The second-order valence-electron chi connectivity index (χ2n) is 5.69. The van der Waals surface area contributed by atoms with E-state index in [0.29, 0.717) is 12.5 Å². The molecular formula is C16H26N2O2. The summed E-state index contributed by atoms with van der Waals surface area (Å²) in [5.74, 6) is 0.841. The van der Waals surface area contributed by atoms with Gasteiger partial charge in [-0.3, -0.25) is 4.79 Å². The first-order valence-electron chi connectivity index (χ1n) is 7.08. The van der Waals surface area contributed by atoms with Gasteiger partial charge in [0.25, 0.3) is 0 Å². The quantitative estimate of drug-likeness (QED) is 0.804. The summed E-state index contributed by atoms with van der Waals surface area (Å²) in [5.41, 5.74) is 6.87. The molecule has 1 aromatic carbocycles. The Bertz CT molecular complexity index is 472. The highest BCUT2D eigenvalue weighted by molar-refractivity contribution is 5.84. The minimum absolute atomic E-state index is 0.221. The van der Waals surface area contributed by atoms with Crippen LogP contribution in [0.5, 0.6) is 5.75 Å². The number of amides is 1. The lowest BCUT2D eigenvalue weighted by molar-refractivity contribution is -0.124. The van der Waals surface area contributed by atoms with Crippen molar-refractivity contribution < 1.29 is 9.53 Å². The van der Waals surface area contributed by atoms with Crippen LogP contribution < -0.4 is 15.8 Å². The molecule has 0 heterocycles. The molecule has 112 valence electrons. The van der Waals surface area contributed by atoms with E-state index in [9.17, 15) is 4.79 Å². The van der Waals surface area contributed by atoms with Gasteiger partial charge in [-0.05, 0) is 43.5 Å². The Morgan fingerprint density at radius 1 is 1.45 bits per heavy atom. The van der Waals surface area contributed by atoms with Crippen LogP contribution in [0.4, 0.5) is 0 Å². The van der Waals surface area contributed by atoms with E-state index < -0.39 is 11.4 Å². The number of nitrogens with one attached hydrogen (secondary N) is 1. The maximum absolute atomic E-state index is 11.6. The number of benzene rings is 1. The van der Waals surface area contributed by atoms with E-state index in [1.807, 2.05) is 26.0 Å². The van der Waals surface area contributed by atoms with Gasteiger partial charge in [-0.15, -0.1) is 0 Å². The van der Waals surface area contributed by atoms with Gasteiger partial charge in [-0.2, -0.15) is 0 Å². The van der Waals surface area contributed by atoms with Crippen LogP contribution in [0, 0.1) is 6.92 Å². The molecule has 3 N–H and O–H groups in total. The molecule has 1 aromatic rings. The van der Waals surface area contributed by atoms with Crippen LogP contribution in [0.25, 0.3) is 0 Å². The standard InChI is InChI=1S/C16H26N2O2/c1-6-18-16(5,15(17)19)10-20-14-9-13(11(2)3)8-7-12(14)4/h7-9,11,18H,6,10H2,1-5H3,(H2,17,19). The average molecular weight is 278 g/mol. The first kappa shape index (κ1) is 16.5. The Kier molecular flexibility index (Phi) is 5.57. The summed E-state index contributed by atoms with van der Waals surface area (Å²) >= 11 is 0. The second-order valence-corrected chi connectivity index (χ2v) is 5.69. The molecular weight excluding hydrogens is 252 g/mol. The highest BCUT2D eigenvalue weighted by atomic mass is 16.5. The minimum Gasteiger partial charge on any atom is -0.491 e. The average Bonchev–Trinajstić information content (AvgIpc) is 2.37. The molecule has 0 aliphatic rings. The molecule has 0 saturated carbocycles. The van der Waals surface area contributed by atoms with Crippen LogP contribution in [0.1, 0.15) is 44.7 Å². The predicted octanol–water partition coefficient (Wildman–Crippen LogP) is 2.35. The molecule has 4 nitrogen and oxygen atoms in total. The highest BCUT2D eigenvalue weighted by Crippen LogP contribution is 2.25. The van der Waals surface area contributed by atoms with Crippen LogP contribution in [0.15, 0.2) is 18.2 Å². The van der Waals surface area contributed by atoms with Crippen molar-refractivity contribution in [2.24, 2.45) is 5.73 Å². The first-order chi connectivity index (χ1) is 9.30. The van der Waals surface area contributed by atoms with Gasteiger partial charge in [0.2, 0.25) is 5.91 Å². The number of primary amides is 1. The largest absolute Gasteiger partial charge is 0.491 e. The summed E-state index contributed by atoms with van der Waals surface area (Å²) in [4.78, 5) is 11.6. The second kappa shape index (κ2) is 6.75. The van der Waals surface area contributed by atoms with Crippen LogP contribution >= 0.6 is 0 Å². The highest BCUT2D eigenvalue weighted by Gasteiger charge is 2.31. The molecule has 0 saturated heterocycles. The topological polar surface area (TPSA) is 64.3 Å². The van der Waals surface area contributed by atoms with Crippen molar-refractivity contribution >= 4 is 5.91 Å². The van der Waals surface area contributed by atoms with Crippen LogP contribution in [0.3, 0.4) is 0 Å². The summed E-state index contributed by atoms with van der Waals surface area (Å²) in [6.07, 6.45) is 0. The fraction of sp³-hybridized carbons (Fsp3) is 0.562. The molecule has 1 atom stereocenters. The van der Waals surface area contributed by atoms with Gasteiger partial charge >= 0.3 is 0 Å². The maximum atomic E-state index is 11.6. The van der Waals surface area contributed by atoms with Crippen molar-refractivity contribution in [2.75, 3.05) is 13.2 Å². The lowest BCUT2D eigenvalue weighted by Crippen LogP contribution is -2.57. The predicted molar refractivity (Wildman–Crippen MR) is 82.0 cm³/mol. The van der Waals surface area contributed by atoms with Gasteiger partial charge in [-0.1, -0.05) is 32.9 Å². The number of rotatable bonds is 7. The van der Waals surface area contributed by atoms with Crippen LogP contribution in [-0.2, 0) is 4.79 Å². The lowest BCUT2D eigenvalue weighted by Gasteiger charge is -2.27. The van der Waals surface area contributed by atoms with E-state index in [0.717, 1.165) is 11.3 Å². The van der Waals surface area contributed by atoms with Gasteiger partial charge in [0, 0.05) is 0 Å². The van der Waals surface area contributed by atoms with Crippen molar-refractivity contribution in [3.63, 3.8) is 0 Å². The Labute approximate surface area is 121 Å². The molecule has 0 spiro atoms. The summed E-state index contributed by atoms with van der Waals surface area (Å²) in [7, 11) is 0. The number of nitrogens with two attached hydrogens (primary N) is 1. The zero-order valence-electron chi connectivity index (χ0n) is 13.1. The summed E-state index contributed by atoms with van der Waals surface area (Å²) in [6, 6.07) is 6.18. The molecule has 4 heteroatoms. The summed E-state index contributed by atoms with van der Waals surface area (Å²) < 4.78 is 5.84. The number of hydrogen-bond donors (Lipinski definition) is 2. The normalized spacial score (nSPS) is 14.1. The van der Waals surface area contributed by atoms with E-state index in [1.54, 1.807) is 6.92 Å². The molecule has 1 unspecified atom stereocenters. The van der Waals surface area contributed by atoms with E-state index in [2.05, 4.69) is 25.2 Å². The molecule has 0 bridgehead atoms. The third kappa shape index (κ3) is 3.97. The van der Waals surface area contributed by atoms with Crippen LogP contribution in [0.2, 0.25) is 0 Å². The van der Waals surface area contributed by atoms with Crippen molar-refractivity contribution in [3.05, 3.63) is 29.3 Å². The Morgan fingerprint density at radius 3 is 2.60 bits per heavy atom. The molecule has 0 fully saturated rings. The molecule has 0 aliphatic heterocycles. The monoisotopic (exact) mass is 278 g/mol. The molecule has 0 aliphatic carbocycles. The number of ether oxygens (including phenoxy) is 1. The van der Waals surface area contributed by atoms with Gasteiger partial charge < -0.3 is 15.8 Å². The molecule has 20 heavy (non-hydrogen) atoms. The third-order valence-electron chi connectivity index (χ3n) is 3.51. The van der Waals surface area contributed by atoms with Gasteiger partial charge in [0.15, 0.2) is 0 Å². The minimum atomic E-state index is -0.852. The van der Waals surface area contributed by atoms with Crippen molar-refractivity contribution in [1.29, 1.82) is 0 Å². The zero-order valence-corrected chi connectivity index (χ0v) is 13.1.